The molecular weight excluding hydrogens is 522 g/mol. The van der Waals surface area contributed by atoms with E-state index < -0.39 is 6.09 Å². The predicted molar refractivity (Wildman–Crippen MR) is 143 cm³/mol. The Bertz CT molecular complexity index is 1760. The van der Waals surface area contributed by atoms with Crippen LogP contribution in [0.25, 0.3) is 28.1 Å². The van der Waals surface area contributed by atoms with Crippen molar-refractivity contribution >= 4 is 23.5 Å². The van der Waals surface area contributed by atoms with E-state index >= 15 is 0 Å². The van der Waals surface area contributed by atoms with Crippen LogP contribution >= 0.6 is 11.6 Å². The van der Waals surface area contributed by atoms with E-state index in [1.54, 1.807) is 27.4 Å². The molecule has 12 nitrogen and oxygen atoms in total. The third kappa shape index (κ3) is 4.34. The first-order valence-corrected chi connectivity index (χ1v) is 12.5. The van der Waals surface area contributed by atoms with Gasteiger partial charge in [0, 0.05) is 36.1 Å². The molecule has 0 bridgehead atoms. The molecule has 196 valence electrons. The Kier molecular flexibility index (Phi) is 5.95. The fourth-order valence-corrected chi connectivity index (χ4v) is 5.16. The van der Waals surface area contributed by atoms with Crippen LogP contribution in [0.5, 0.6) is 0 Å². The largest absolute Gasteiger partial charge is 0.465 e. The summed E-state index contributed by atoms with van der Waals surface area (Å²) in [4.78, 5) is 37.7. The van der Waals surface area contributed by atoms with Gasteiger partial charge in [-0.15, -0.1) is 5.10 Å². The molecule has 0 spiro atoms. The first kappa shape index (κ1) is 24.5. The molecule has 6 rings (SSSR count). The summed E-state index contributed by atoms with van der Waals surface area (Å²) >= 11 is 6.48. The zero-order valence-electron chi connectivity index (χ0n) is 20.9. The number of aromatic amines is 1. The number of H-pyrrole nitrogens is 1. The third-order valence-corrected chi connectivity index (χ3v) is 7.13. The minimum Gasteiger partial charge on any atom is -0.465 e. The maximum atomic E-state index is 13.5. The molecule has 2 N–H and O–H groups in total. The van der Waals surface area contributed by atoms with E-state index in [9.17, 15) is 9.59 Å². The van der Waals surface area contributed by atoms with Gasteiger partial charge in [0.25, 0.3) is 5.56 Å². The number of amides is 1. The Hall–Kier alpha value is -4.84. The van der Waals surface area contributed by atoms with Crippen LogP contribution < -0.4 is 10.5 Å². The zero-order valence-corrected chi connectivity index (χ0v) is 21.7. The molecular formula is C26H22ClN9O3. The monoisotopic (exact) mass is 543 g/mol. The molecule has 5 heterocycles. The molecule has 1 atom stereocenters. The first-order valence-electron chi connectivity index (χ1n) is 12.1. The van der Waals surface area contributed by atoms with Gasteiger partial charge >= 0.3 is 6.09 Å². The van der Waals surface area contributed by atoms with Crippen LogP contribution in [0.1, 0.15) is 29.5 Å². The number of fused-ring (bicyclic) bond motifs is 1. The Morgan fingerprint density at radius 2 is 2.03 bits per heavy atom. The molecule has 0 saturated carbocycles. The molecule has 39 heavy (non-hydrogen) atoms. The van der Waals surface area contributed by atoms with Crippen LogP contribution in [-0.4, -0.2) is 58.0 Å². The van der Waals surface area contributed by atoms with Crippen LogP contribution in [0.4, 0.5) is 10.6 Å². The fourth-order valence-electron chi connectivity index (χ4n) is 4.91. The number of imidazole rings is 1. The third-order valence-electron chi connectivity index (χ3n) is 6.85. The standard InChI is InChI=1S/C26H22ClN9O3/c1-14-3-6-19(35-13-29-32-33-35)18(9-14)16-10-17-5-7-20(36(17)22(37)11-16)25-30-23(24(27)31-25)15-4-8-21(28-12-15)34(2)26(38)39/h3-4,6,8-13,20H,5,7H2,1-2H3,(H,30,31)(H,38,39)/t20-/m0/s1. The number of tetrazole rings is 1. The summed E-state index contributed by atoms with van der Waals surface area (Å²) in [5.74, 6) is 0.853. The van der Waals surface area contributed by atoms with Crippen molar-refractivity contribution in [3.05, 3.63) is 87.6 Å². The summed E-state index contributed by atoms with van der Waals surface area (Å²) in [5, 5.41) is 20.9. The number of nitrogens with one attached hydrogen (secondary N) is 1. The number of halogens is 1. The zero-order chi connectivity index (χ0) is 27.3. The molecule has 5 aromatic rings. The second-order valence-corrected chi connectivity index (χ2v) is 9.67. The number of nitrogens with zero attached hydrogens (tertiary/aromatic N) is 8. The van der Waals surface area contributed by atoms with E-state index in [0.29, 0.717) is 29.9 Å². The average molecular weight is 544 g/mol. The van der Waals surface area contributed by atoms with Crippen molar-refractivity contribution in [2.24, 2.45) is 0 Å². The van der Waals surface area contributed by atoms with Gasteiger partial charge in [-0.3, -0.25) is 9.69 Å². The first-order chi connectivity index (χ1) is 18.8. The fraction of sp³-hybridized carbons (Fsp3) is 0.192. The summed E-state index contributed by atoms with van der Waals surface area (Å²) in [6.07, 6.45) is 3.31. The highest BCUT2D eigenvalue weighted by Gasteiger charge is 2.29. The number of pyridine rings is 2. The van der Waals surface area contributed by atoms with Crippen molar-refractivity contribution in [3.8, 4) is 28.1 Å². The maximum absolute atomic E-state index is 13.5. The van der Waals surface area contributed by atoms with Crippen LogP contribution in [0.3, 0.4) is 0 Å². The van der Waals surface area contributed by atoms with E-state index in [1.807, 2.05) is 31.2 Å². The lowest BCUT2D eigenvalue weighted by Gasteiger charge is -2.15. The summed E-state index contributed by atoms with van der Waals surface area (Å²) in [5.41, 5.74) is 5.42. The summed E-state index contributed by atoms with van der Waals surface area (Å²) in [7, 11) is 1.41. The van der Waals surface area contributed by atoms with Gasteiger partial charge in [-0.05, 0) is 66.1 Å². The smallest absolute Gasteiger partial charge is 0.412 e. The van der Waals surface area contributed by atoms with E-state index in [2.05, 4.69) is 30.5 Å². The second kappa shape index (κ2) is 9.48. The van der Waals surface area contributed by atoms with E-state index in [-0.39, 0.29) is 22.6 Å². The number of carbonyl (C=O) groups is 1. The molecule has 4 aromatic heterocycles. The highest BCUT2D eigenvalue weighted by Crippen LogP contribution is 2.35. The number of hydrogen-bond donors (Lipinski definition) is 2. The molecule has 0 aliphatic carbocycles. The highest BCUT2D eigenvalue weighted by atomic mass is 35.5. The van der Waals surface area contributed by atoms with Crippen molar-refractivity contribution < 1.29 is 9.90 Å². The Labute approximate surface area is 226 Å². The minimum absolute atomic E-state index is 0.147. The Morgan fingerprint density at radius 3 is 2.74 bits per heavy atom. The minimum atomic E-state index is -1.11. The lowest BCUT2D eigenvalue weighted by molar-refractivity contribution is 0.203. The van der Waals surface area contributed by atoms with Crippen LogP contribution in [-0.2, 0) is 6.42 Å². The molecule has 0 unspecified atom stereocenters. The van der Waals surface area contributed by atoms with Crippen LogP contribution in [0.15, 0.2) is 59.8 Å². The quantitative estimate of drug-likeness (QED) is 0.339. The molecule has 13 heteroatoms. The molecule has 1 aliphatic rings. The van der Waals surface area contributed by atoms with Gasteiger partial charge < -0.3 is 14.7 Å². The maximum Gasteiger partial charge on any atom is 0.412 e. The highest BCUT2D eigenvalue weighted by molar-refractivity contribution is 6.31. The Balaban J connectivity index is 1.35. The van der Waals surface area contributed by atoms with Gasteiger partial charge in [0.15, 0.2) is 5.15 Å². The van der Waals surface area contributed by atoms with E-state index in [4.69, 9.17) is 16.7 Å². The van der Waals surface area contributed by atoms with E-state index in [0.717, 1.165) is 33.0 Å². The number of aryl methyl sites for hydroxylation is 2. The molecule has 0 fully saturated rings. The topological polar surface area (TPSA) is 148 Å². The van der Waals surface area contributed by atoms with Crippen molar-refractivity contribution in [2.75, 3.05) is 11.9 Å². The summed E-state index contributed by atoms with van der Waals surface area (Å²) < 4.78 is 3.33. The average Bonchev–Trinajstić information content (AvgIpc) is 3.68. The number of rotatable bonds is 5. The predicted octanol–water partition coefficient (Wildman–Crippen LogP) is 3.89. The molecule has 1 aliphatic heterocycles. The second-order valence-electron chi connectivity index (χ2n) is 9.31. The number of aromatic nitrogens is 8. The molecule has 0 radical (unpaired) electrons. The molecule has 1 aromatic carbocycles. The molecule has 1 amide bonds. The van der Waals surface area contributed by atoms with Gasteiger partial charge in [-0.25, -0.2) is 14.8 Å². The van der Waals surface area contributed by atoms with Crippen molar-refractivity contribution in [1.29, 1.82) is 0 Å². The SMILES string of the molecule is Cc1ccc(-n2cnnn2)c(-c2cc3n(c(=O)c2)[C@H](c2nc(Cl)c(-c4ccc(N(C)C(=O)O)nc4)[nH]2)CC3)c1. The van der Waals surface area contributed by atoms with Gasteiger partial charge in [0.1, 0.15) is 18.0 Å². The summed E-state index contributed by atoms with van der Waals surface area (Å²) in [6, 6.07) is 12.6. The molecule has 0 saturated heterocycles. The lowest BCUT2D eigenvalue weighted by atomic mass is 10.0. The van der Waals surface area contributed by atoms with E-state index in [1.165, 1.54) is 19.6 Å². The normalized spacial score (nSPS) is 14.4. The number of carboxylic acid groups (broad SMARTS) is 1. The Morgan fingerprint density at radius 1 is 1.18 bits per heavy atom. The number of anilines is 1. The van der Waals surface area contributed by atoms with Crippen LogP contribution in [0.2, 0.25) is 5.15 Å². The van der Waals surface area contributed by atoms with Gasteiger partial charge in [0.2, 0.25) is 0 Å². The van der Waals surface area contributed by atoms with Gasteiger partial charge in [-0.2, -0.15) is 4.68 Å². The van der Waals surface area contributed by atoms with Gasteiger partial charge in [0.05, 0.1) is 17.4 Å². The lowest BCUT2D eigenvalue weighted by Crippen LogP contribution is -2.24. The van der Waals surface area contributed by atoms with Crippen molar-refractivity contribution in [2.45, 2.75) is 25.8 Å². The number of hydrogen-bond acceptors (Lipinski definition) is 7. The van der Waals surface area contributed by atoms with Gasteiger partial charge in [-0.1, -0.05) is 23.2 Å². The van der Waals surface area contributed by atoms with Crippen molar-refractivity contribution in [1.82, 2.24) is 39.7 Å². The van der Waals surface area contributed by atoms with Crippen LogP contribution in [0, 0.1) is 6.92 Å². The number of benzene rings is 1. The summed E-state index contributed by atoms with van der Waals surface area (Å²) in [6.45, 7) is 1.99. The van der Waals surface area contributed by atoms with Crippen molar-refractivity contribution in [3.63, 3.8) is 0 Å².